The van der Waals surface area contributed by atoms with E-state index in [1.54, 1.807) is 11.3 Å². The summed E-state index contributed by atoms with van der Waals surface area (Å²) in [6, 6.07) is 3.95. The molecule has 1 aromatic rings. The molecule has 2 heterocycles. The van der Waals surface area contributed by atoms with Gasteiger partial charge in [-0.3, -0.25) is 4.79 Å². The minimum Gasteiger partial charge on any atom is -0.392 e. The molecule has 1 aliphatic rings. The number of rotatable bonds is 2. The van der Waals surface area contributed by atoms with Crippen LogP contribution in [0.4, 0.5) is 0 Å². The van der Waals surface area contributed by atoms with E-state index in [2.05, 4.69) is 15.9 Å². The lowest BCUT2D eigenvalue weighted by Gasteiger charge is -2.41. The maximum atomic E-state index is 12.2. The molecule has 1 aliphatic heterocycles. The van der Waals surface area contributed by atoms with Gasteiger partial charge in [0, 0.05) is 23.4 Å². The Bertz CT molecular complexity index is 444. The summed E-state index contributed by atoms with van der Waals surface area (Å²) in [5.74, 6) is 0.157. The fourth-order valence-electron chi connectivity index (χ4n) is 2.27. The van der Waals surface area contributed by atoms with E-state index < -0.39 is 0 Å². The summed E-state index contributed by atoms with van der Waals surface area (Å²) in [5.41, 5.74) is -0.204. The molecule has 1 N–H and O–H groups in total. The summed E-state index contributed by atoms with van der Waals surface area (Å²) in [7, 11) is 0. The van der Waals surface area contributed by atoms with Crippen molar-refractivity contribution < 1.29 is 9.90 Å². The number of piperidine rings is 1. The standard InChI is InChI=1S/C13H18BrNO2S/c1-13(2)8-15(6-5-10(13)16)12(17)7-9-3-4-11(14)18-9/h3-4,10,16H,5-8H2,1-2H3. The largest absolute Gasteiger partial charge is 0.392 e. The summed E-state index contributed by atoms with van der Waals surface area (Å²) in [6.07, 6.45) is 0.826. The van der Waals surface area contributed by atoms with Crippen molar-refractivity contribution in [1.29, 1.82) is 0 Å². The highest BCUT2D eigenvalue weighted by Crippen LogP contribution is 2.30. The Morgan fingerprint density at radius 2 is 2.33 bits per heavy atom. The van der Waals surface area contributed by atoms with E-state index in [1.807, 2.05) is 30.9 Å². The van der Waals surface area contributed by atoms with Gasteiger partial charge < -0.3 is 10.0 Å². The van der Waals surface area contributed by atoms with Crippen LogP contribution in [0.5, 0.6) is 0 Å². The molecule has 0 spiro atoms. The van der Waals surface area contributed by atoms with E-state index >= 15 is 0 Å². The van der Waals surface area contributed by atoms with Gasteiger partial charge in [-0.15, -0.1) is 11.3 Å². The Balaban J connectivity index is 1.98. The minimum atomic E-state index is -0.308. The van der Waals surface area contributed by atoms with Crippen molar-refractivity contribution in [1.82, 2.24) is 4.90 Å². The van der Waals surface area contributed by atoms with Crippen LogP contribution in [0.2, 0.25) is 0 Å². The van der Waals surface area contributed by atoms with Gasteiger partial charge >= 0.3 is 0 Å². The van der Waals surface area contributed by atoms with Gasteiger partial charge in [0.25, 0.3) is 0 Å². The average Bonchev–Trinajstić information content (AvgIpc) is 2.68. The predicted octanol–water partition coefficient (Wildman–Crippen LogP) is 2.67. The second-order valence-electron chi connectivity index (χ2n) is 5.49. The smallest absolute Gasteiger partial charge is 0.227 e. The van der Waals surface area contributed by atoms with E-state index in [0.29, 0.717) is 25.9 Å². The first-order valence-corrected chi connectivity index (χ1v) is 7.69. The van der Waals surface area contributed by atoms with E-state index in [1.165, 1.54) is 0 Å². The van der Waals surface area contributed by atoms with Crippen LogP contribution in [0.1, 0.15) is 25.1 Å². The number of carbonyl (C=O) groups is 1. The molecule has 18 heavy (non-hydrogen) atoms. The van der Waals surface area contributed by atoms with Gasteiger partial charge in [-0.1, -0.05) is 13.8 Å². The molecule has 0 bridgehead atoms. The van der Waals surface area contributed by atoms with Crippen LogP contribution >= 0.6 is 27.3 Å². The fourth-order valence-corrected chi connectivity index (χ4v) is 3.74. The van der Waals surface area contributed by atoms with Crippen molar-refractivity contribution in [3.8, 4) is 0 Å². The number of thiophene rings is 1. The van der Waals surface area contributed by atoms with Crippen molar-refractivity contribution in [2.24, 2.45) is 5.41 Å². The normalized spacial score (nSPS) is 23.1. The minimum absolute atomic E-state index is 0.157. The van der Waals surface area contributed by atoms with Gasteiger partial charge in [-0.2, -0.15) is 0 Å². The van der Waals surface area contributed by atoms with Gasteiger partial charge in [-0.25, -0.2) is 0 Å². The van der Waals surface area contributed by atoms with Gasteiger partial charge in [0.15, 0.2) is 0 Å². The molecule has 0 saturated carbocycles. The lowest BCUT2D eigenvalue weighted by Crippen LogP contribution is -2.51. The first-order valence-electron chi connectivity index (χ1n) is 6.08. The summed E-state index contributed by atoms with van der Waals surface area (Å²) in [6.45, 7) is 5.33. The molecule has 5 heteroatoms. The second-order valence-corrected chi connectivity index (χ2v) is 8.04. The highest BCUT2D eigenvalue weighted by atomic mass is 79.9. The fraction of sp³-hybridized carbons (Fsp3) is 0.615. The molecule has 2 rings (SSSR count). The number of aliphatic hydroxyl groups is 1. The maximum Gasteiger partial charge on any atom is 0.227 e. The Hall–Kier alpha value is -0.390. The van der Waals surface area contributed by atoms with Crippen molar-refractivity contribution >= 4 is 33.2 Å². The van der Waals surface area contributed by atoms with Crippen molar-refractivity contribution in [2.45, 2.75) is 32.8 Å². The second kappa shape index (κ2) is 5.31. The summed E-state index contributed by atoms with van der Waals surface area (Å²) >= 11 is 5.00. The zero-order chi connectivity index (χ0) is 13.3. The molecular weight excluding hydrogens is 314 g/mol. The molecule has 1 amide bonds. The molecule has 1 atom stereocenters. The Kier molecular flexibility index (Phi) is 4.14. The first kappa shape index (κ1) is 14.0. The van der Waals surface area contributed by atoms with Crippen LogP contribution < -0.4 is 0 Å². The van der Waals surface area contributed by atoms with Crippen LogP contribution in [-0.2, 0) is 11.2 Å². The molecule has 3 nitrogen and oxygen atoms in total. The molecule has 100 valence electrons. The number of aliphatic hydroxyl groups excluding tert-OH is 1. The topological polar surface area (TPSA) is 40.5 Å². The molecule has 1 fully saturated rings. The molecular formula is C13H18BrNO2S. The number of hydrogen-bond acceptors (Lipinski definition) is 3. The highest BCUT2D eigenvalue weighted by molar-refractivity contribution is 9.11. The first-order chi connectivity index (χ1) is 8.38. The summed E-state index contributed by atoms with van der Waals surface area (Å²) < 4.78 is 1.06. The van der Waals surface area contributed by atoms with Crippen molar-refractivity contribution in [3.63, 3.8) is 0 Å². The molecule has 1 aromatic heterocycles. The monoisotopic (exact) mass is 331 g/mol. The lowest BCUT2D eigenvalue weighted by atomic mass is 9.81. The zero-order valence-electron chi connectivity index (χ0n) is 10.6. The molecule has 0 radical (unpaired) electrons. The van der Waals surface area contributed by atoms with Crippen LogP contribution in [-0.4, -0.2) is 35.1 Å². The predicted molar refractivity (Wildman–Crippen MR) is 76.7 cm³/mol. The third-order valence-electron chi connectivity index (χ3n) is 3.48. The van der Waals surface area contributed by atoms with E-state index in [-0.39, 0.29) is 17.4 Å². The van der Waals surface area contributed by atoms with Gasteiger partial charge in [-0.05, 0) is 34.5 Å². The number of carbonyl (C=O) groups excluding carboxylic acids is 1. The summed E-state index contributed by atoms with van der Waals surface area (Å²) in [5, 5.41) is 9.89. The zero-order valence-corrected chi connectivity index (χ0v) is 13.1. The van der Waals surface area contributed by atoms with Crippen LogP contribution in [0.3, 0.4) is 0 Å². The van der Waals surface area contributed by atoms with Crippen LogP contribution in [0, 0.1) is 5.41 Å². The van der Waals surface area contributed by atoms with Gasteiger partial charge in [0.2, 0.25) is 5.91 Å². The SMILES string of the molecule is CC1(C)CN(C(=O)Cc2ccc(Br)s2)CCC1O. The van der Waals surface area contributed by atoms with Gasteiger partial charge in [0.1, 0.15) is 0 Å². The molecule has 0 aliphatic carbocycles. The number of likely N-dealkylation sites (tertiary alicyclic amines) is 1. The van der Waals surface area contributed by atoms with E-state index in [0.717, 1.165) is 8.66 Å². The lowest BCUT2D eigenvalue weighted by molar-refractivity contribution is -0.137. The Labute approximate surface area is 120 Å². The quantitative estimate of drug-likeness (QED) is 0.905. The van der Waals surface area contributed by atoms with Gasteiger partial charge in [0.05, 0.1) is 16.3 Å². The van der Waals surface area contributed by atoms with Crippen LogP contribution in [0.25, 0.3) is 0 Å². The number of halogens is 1. The van der Waals surface area contributed by atoms with E-state index in [9.17, 15) is 9.90 Å². The molecule has 0 aromatic carbocycles. The Morgan fingerprint density at radius 1 is 1.61 bits per heavy atom. The third-order valence-corrected chi connectivity index (χ3v) is 5.10. The van der Waals surface area contributed by atoms with Crippen molar-refractivity contribution in [2.75, 3.05) is 13.1 Å². The molecule has 1 unspecified atom stereocenters. The number of hydrogen-bond donors (Lipinski definition) is 1. The van der Waals surface area contributed by atoms with Crippen LogP contribution in [0.15, 0.2) is 15.9 Å². The number of nitrogens with zero attached hydrogens (tertiary/aromatic N) is 1. The average molecular weight is 332 g/mol. The summed E-state index contributed by atoms with van der Waals surface area (Å²) in [4.78, 5) is 15.2. The molecule has 1 saturated heterocycles. The number of amides is 1. The maximum absolute atomic E-state index is 12.2. The van der Waals surface area contributed by atoms with Crippen molar-refractivity contribution in [3.05, 3.63) is 20.8 Å². The Morgan fingerprint density at radius 3 is 2.89 bits per heavy atom. The third kappa shape index (κ3) is 3.13. The highest BCUT2D eigenvalue weighted by Gasteiger charge is 2.36. The van der Waals surface area contributed by atoms with E-state index in [4.69, 9.17) is 0 Å².